The summed E-state index contributed by atoms with van der Waals surface area (Å²) in [5.74, 6) is 3.24. The molecular formula is C2H6N2O3. The first-order chi connectivity index (χ1) is 3.18. The summed E-state index contributed by atoms with van der Waals surface area (Å²) in [4.78, 5) is 13.3. The van der Waals surface area contributed by atoms with Gasteiger partial charge in [0.2, 0.25) is 6.23 Å². The molecule has 7 heavy (non-hydrogen) atoms. The van der Waals surface area contributed by atoms with Crippen LogP contribution in [0.15, 0.2) is 0 Å². The van der Waals surface area contributed by atoms with E-state index in [0.29, 0.717) is 0 Å². The Morgan fingerprint density at radius 3 is 2.29 bits per heavy atom. The second kappa shape index (κ2) is 2.51. The van der Waals surface area contributed by atoms with Gasteiger partial charge in [-0.05, 0) is 0 Å². The van der Waals surface area contributed by atoms with E-state index in [0.717, 1.165) is 0 Å². The molecule has 0 saturated carbocycles. The topological polar surface area (TPSA) is 98.6 Å². The van der Waals surface area contributed by atoms with Gasteiger partial charge in [0.05, 0.1) is 0 Å². The highest BCUT2D eigenvalue weighted by molar-refractivity contribution is 5.73. The van der Waals surface area contributed by atoms with Crippen LogP contribution in [0.5, 0.6) is 0 Å². The maximum atomic E-state index is 9.79. The van der Waals surface area contributed by atoms with Gasteiger partial charge >= 0.3 is 5.97 Å². The summed E-state index contributed by atoms with van der Waals surface area (Å²) in [7, 11) is 0. The molecule has 0 amide bonds. The maximum absolute atomic E-state index is 9.79. The minimum atomic E-state index is -1.62. The van der Waals surface area contributed by atoms with E-state index in [1.165, 1.54) is 0 Å². The van der Waals surface area contributed by atoms with Crippen LogP contribution in [0, 0.1) is 0 Å². The standard InChI is InChI=1S/C2H6N2O3/c3-1(5)2(6)7-4/h1,5H,3-4H2. The van der Waals surface area contributed by atoms with E-state index >= 15 is 0 Å². The van der Waals surface area contributed by atoms with Crippen LogP contribution >= 0.6 is 0 Å². The number of nitrogens with two attached hydrogens (primary N) is 2. The van der Waals surface area contributed by atoms with Crippen LogP contribution < -0.4 is 11.6 Å². The number of hydrogen-bond acceptors (Lipinski definition) is 5. The molecule has 5 nitrogen and oxygen atoms in total. The van der Waals surface area contributed by atoms with Crippen LogP contribution in [-0.2, 0) is 9.63 Å². The zero-order valence-electron chi connectivity index (χ0n) is 3.50. The fraction of sp³-hybridized carbons (Fsp3) is 0.500. The van der Waals surface area contributed by atoms with Gasteiger partial charge in [-0.2, -0.15) is 5.90 Å². The molecule has 42 valence electrons. The smallest absolute Gasteiger partial charge is 0.368 e. The van der Waals surface area contributed by atoms with E-state index in [-0.39, 0.29) is 0 Å². The zero-order chi connectivity index (χ0) is 5.86. The van der Waals surface area contributed by atoms with Crippen molar-refractivity contribution in [3.63, 3.8) is 0 Å². The molecule has 0 aliphatic rings. The molecule has 0 aliphatic heterocycles. The summed E-state index contributed by atoms with van der Waals surface area (Å²) in [5, 5.41) is 8.04. The Labute approximate surface area is 39.8 Å². The molecule has 0 fully saturated rings. The highest BCUT2D eigenvalue weighted by atomic mass is 16.7. The quantitative estimate of drug-likeness (QED) is 0.257. The van der Waals surface area contributed by atoms with Crippen molar-refractivity contribution < 1.29 is 14.7 Å². The lowest BCUT2D eigenvalue weighted by molar-refractivity contribution is -0.153. The summed E-state index contributed by atoms with van der Waals surface area (Å²) in [6, 6.07) is 0. The number of aliphatic hydroxyl groups excluding tert-OH is 1. The Morgan fingerprint density at radius 2 is 2.29 bits per heavy atom. The first kappa shape index (κ1) is 6.35. The number of carbonyl (C=O) groups is 1. The monoisotopic (exact) mass is 106 g/mol. The fourth-order valence-electron chi connectivity index (χ4n) is 0.0697. The predicted molar refractivity (Wildman–Crippen MR) is 20.5 cm³/mol. The molecule has 0 spiro atoms. The molecule has 0 saturated heterocycles. The molecule has 1 unspecified atom stereocenters. The second-order valence-corrected chi connectivity index (χ2v) is 0.882. The van der Waals surface area contributed by atoms with Gasteiger partial charge in [0.1, 0.15) is 0 Å². The molecule has 0 rings (SSSR count). The second-order valence-electron chi connectivity index (χ2n) is 0.882. The number of hydrogen-bond donors (Lipinski definition) is 3. The van der Waals surface area contributed by atoms with Gasteiger partial charge in [0.25, 0.3) is 0 Å². The van der Waals surface area contributed by atoms with Gasteiger partial charge in [-0.25, -0.2) is 4.79 Å². The molecule has 0 aromatic carbocycles. The zero-order valence-corrected chi connectivity index (χ0v) is 3.50. The molecule has 0 bridgehead atoms. The molecule has 5 heteroatoms. The van der Waals surface area contributed by atoms with Gasteiger partial charge < -0.3 is 9.94 Å². The van der Waals surface area contributed by atoms with E-state index in [1.54, 1.807) is 0 Å². The third-order valence-electron chi connectivity index (χ3n) is 0.358. The van der Waals surface area contributed by atoms with Crippen LogP contribution in [0.4, 0.5) is 0 Å². The third kappa shape index (κ3) is 2.10. The molecule has 0 radical (unpaired) electrons. The van der Waals surface area contributed by atoms with Gasteiger partial charge in [0.15, 0.2) is 0 Å². The summed E-state index contributed by atoms with van der Waals surface area (Å²) >= 11 is 0. The molecule has 0 aromatic heterocycles. The molecule has 1 atom stereocenters. The molecule has 5 N–H and O–H groups in total. The van der Waals surface area contributed by atoms with Crippen LogP contribution in [0.3, 0.4) is 0 Å². The van der Waals surface area contributed by atoms with Gasteiger partial charge in [-0.15, -0.1) is 0 Å². The van der Waals surface area contributed by atoms with E-state index in [4.69, 9.17) is 5.11 Å². The minimum absolute atomic E-state index is 1.04. The molecule has 0 aliphatic carbocycles. The average Bonchev–Trinajstić information content (AvgIpc) is 1.65. The normalized spacial score (nSPS) is 13.0. The van der Waals surface area contributed by atoms with Crippen molar-refractivity contribution in [2.75, 3.05) is 0 Å². The SMILES string of the molecule is NOC(=O)C(N)O. The predicted octanol–water partition coefficient (Wildman–Crippen LogP) is -2.32. The van der Waals surface area contributed by atoms with Crippen molar-refractivity contribution in [1.82, 2.24) is 0 Å². The van der Waals surface area contributed by atoms with E-state index in [2.05, 4.69) is 16.5 Å². The summed E-state index contributed by atoms with van der Waals surface area (Å²) < 4.78 is 0. The maximum Gasteiger partial charge on any atom is 0.368 e. The van der Waals surface area contributed by atoms with Gasteiger partial charge in [-0.1, -0.05) is 0 Å². The lowest BCUT2D eigenvalue weighted by atomic mass is 10.6. The first-order valence-corrected chi connectivity index (χ1v) is 1.52. The Hall–Kier alpha value is -0.650. The number of rotatable bonds is 1. The average molecular weight is 106 g/mol. The van der Waals surface area contributed by atoms with Crippen LogP contribution in [-0.4, -0.2) is 17.3 Å². The van der Waals surface area contributed by atoms with Gasteiger partial charge in [-0.3, -0.25) is 5.73 Å². The van der Waals surface area contributed by atoms with Crippen molar-refractivity contribution in [2.24, 2.45) is 11.6 Å². The van der Waals surface area contributed by atoms with Crippen LogP contribution in [0.2, 0.25) is 0 Å². The minimum Gasteiger partial charge on any atom is -0.370 e. The van der Waals surface area contributed by atoms with Crippen LogP contribution in [0.1, 0.15) is 0 Å². The lowest BCUT2D eigenvalue weighted by Gasteiger charge is -1.96. The summed E-state index contributed by atoms with van der Waals surface area (Å²) in [6.07, 6.45) is -1.62. The Bertz CT molecular complexity index is 71.3. The third-order valence-corrected chi connectivity index (χ3v) is 0.358. The van der Waals surface area contributed by atoms with Crippen LogP contribution in [0.25, 0.3) is 0 Å². The Kier molecular flexibility index (Phi) is 2.28. The van der Waals surface area contributed by atoms with E-state index in [1.807, 2.05) is 0 Å². The Balaban J connectivity index is 3.35. The fourth-order valence-corrected chi connectivity index (χ4v) is 0.0697. The van der Waals surface area contributed by atoms with E-state index < -0.39 is 12.2 Å². The van der Waals surface area contributed by atoms with Crippen molar-refractivity contribution in [3.8, 4) is 0 Å². The summed E-state index contributed by atoms with van der Waals surface area (Å²) in [5.41, 5.74) is 4.55. The van der Waals surface area contributed by atoms with Crippen molar-refractivity contribution in [2.45, 2.75) is 6.23 Å². The lowest BCUT2D eigenvalue weighted by Crippen LogP contribution is -2.33. The number of carbonyl (C=O) groups excluding carboxylic acids is 1. The van der Waals surface area contributed by atoms with E-state index in [9.17, 15) is 4.79 Å². The van der Waals surface area contributed by atoms with Crippen molar-refractivity contribution >= 4 is 5.97 Å². The highest BCUT2D eigenvalue weighted by Gasteiger charge is 2.07. The molecule has 0 heterocycles. The Morgan fingerprint density at radius 1 is 1.86 bits per heavy atom. The largest absolute Gasteiger partial charge is 0.370 e. The first-order valence-electron chi connectivity index (χ1n) is 1.52. The highest BCUT2D eigenvalue weighted by Crippen LogP contribution is 1.69. The van der Waals surface area contributed by atoms with Gasteiger partial charge in [0, 0.05) is 0 Å². The summed E-state index contributed by atoms with van der Waals surface area (Å²) in [6.45, 7) is 0. The molecular weight excluding hydrogens is 100 g/mol. The van der Waals surface area contributed by atoms with Crippen molar-refractivity contribution in [3.05, 3.63) is 0 Å². The molecule has 0 aromatic rings. The number of aliphatic hydroxyl groups is 1. The van der Waals surface area contributed by atoms with Crippen molar-refractivity contribution in [1.29, 1.82) is 0 Å².